The summed E-state index contributed by atoms with van der Waals surface area (Å²) in [5, 5.41) is 10.1. The minimum Gasteiger partial charge on any atom is -0.357 e. The maximum Gasteiger partial charge on any atom is 0.221 e. The molecular weight excluding hydrogens is 348 g/mol. The second-order valence-corrected chi connectivity index (χ2v) is 6.31. The van der Waals surface area contributed by atoms with Gasteiger partial charge in [0.25, 0.3) is 0 Å². The molecular formula is C20H25ClN4O. The van der Waals surface area contributed by atoms with Gasteiger partial charge in [-0.3, -0.25) is 4.79 Å². The van der Waals surface area contributed by atoms with Gasteiger partial charge in [-0.25, -0.2) is 4.99 Å². The molecule has 5 nitrogen and oxygen atoms in total. The number of amides is 1. The van der Waals surface area contributed by atoms with Crippen LogP contribution in [0.15, 0.2) is 53.5 Å². The van der Waals surface area contributed by atoms with Crippen molar-refractivity contribution in [3.8, 4) is 0 Å². The highest BCUT2D eigenvalue weighted by Crippen LogP contribution is 2.11. The first-order valence-electron chi connectivity index (χ1n) is 8.70. The van der Waals surface area contributed by atoms with Crippen LogP contribution in [0.4, 0.5) is 5.69 Å². The van der Waals surface area contributed by atoms with Gasteiger partial charge in [-0.2, -0.15) is 0 Å². The van der Waals surface area contributed by atoms with Crippen LogP contribution in [0.2, 0.25) is 5.02 Å². The summed E-state index contributed by atoms with van der Waals surface area (Å²) in [7, 11) is 0. The van der Waals surface area contributed by atoms with E-state index in [4.69, 9.17) is 11.6 Å². The lowest BCUT2D eigenvalue weighted by Gasteiger charge is -2.11. The van der Waals surface area contributed by atoms with E-state index in [0.29, 0.717) is 6.54 Å². The van der Waals surface area contributed by atoms with Gasteiger partial charge in [0.05, 0.1) is 6.54 Å². The Hall–Kier alpha value is -2.53. The summed E-state index contributed by atoms with van der Waals surface area (Å²) in [4.78, 5) is 15.6. The summed E-state index contributed by atoms with van der Waals surface area (Å²) >= 11 is 5.90. The molecule has 138 valence electrons. The van der Waals surface area contributed by atoms with Crippen molar-refractivity contribution in [1.82, 2.24) is 10.6 Å². The van der Waals surface area contributed by atoms with Crippen LogP contribution in [0.3, 0.4) is 0 Å². The van der Waals surface area contributed by atoms with Gasteiger partial charge < -0.3 is 16.0 Å². The second kappa shape index (κ2) is 10.5. The van der Waals surface area contributed by atoms with Crippen LogP contribution in [-0.2, 0) is 17.8 Å². The van der Waals surface area contributed by atoms with E-state index in [1.165, 1.54) is 12.5 Å². The van der Waals surface area contributed by atoms with Crippen molar-refractivity contribution < 1.29 is 4.79 Å². The highest BCUT2D eigenvalue weighted by molar-refractivity contribution is 6.30. The number of hydrogen-bond donors (Lipinski definition) is 3. The summed E-state index contributed by atoms with van der Waals surface area (Å²) < 4.78 is 0. The summed E-state index contributed by atoms with van der Waals surface area (Å²) in [5.74, 6) is 0.726. The molecule has 0 heterocycles. The van der Waals surface area contributed by atoms with Crippen LogP contribution < -0.4 is 16.0 Å². The van der Waals surface area contributed by atoms with E-state index < -0.39 is 0 Å². The van der Waals surface area contributed by atoms with Crippen molar-refractivity contribution in [2.75, 3.05) is 18.4 Å². The topological polar surface area (TPSA) is 65.5 Å². The monoisotopic (exact) mass is 372 g/mol. The van der Waals surface area contributed by atoms with Crippen LogP contribution in [-0.4, -0.2) is 25.0 Å². The number of guanidine groups is 1. The van der Waals surface area contributed by atoms with Crippen LogP contribution >= 0.6 is 11.6 Å². The van der Waals surface area contributed by atoms with Gasteiger partial charge in [-0.15, -0.1) is 0 Å². The number of halogens is 1. The van der Waals surface area contributed by atoms with Crippen molar-refractivity contribution >= 4 is 29.2 Å². The Morgan fingerprint density at radius 3 is 2.27 bits per heavy atom. The zero-order valence-electron chi connectivity index (χ0n) is 15.2. The molecule has 1 amide bonds. The fourth-order valence-electron chi connectivity index (χ4n) is 2.39. The third kappa shape index (κ3) is 7.15. The molecule has 0 unspecified atom stereocenters. The Morgan fingerprint density at radius 2 is 1.65 bits per heavy atom. The fourth-order valence-corrected chi connectivity index (χ4v) is 2.51. The molecule has 0 saturated heterocycles. The predicted octanol–water partition coefficient (Wildman–Crippen LogP) is 3.60. The summed E-state index contributed by atoms with van der Waals surface area (Å²) in [6.45, 7) is 5.71. The number of carbonyl (C=O) groups is 1. The number of nitrogens with one attached hydrogen (secondary N) is 3. The van der Waals surface area contributed by atoms with Gasteiger partial charge in [0, 0.05) is 30.7 Å². The van der Waals surface area contributed by atoms with E-state index in [-0.39, 0.29) is 5.91 Å². The normalized spacial score (nSPS) is 11.1. The average molecular weight is 373 g/mol. The number of hydrogen-bond acceptors (Lipinski definition) is 2. The SMILES string of the molecule is CCNC(=NCc1ccc(Cl)cc1)NCCc1ccc(NC(C)=O)cc1. The molecule has 2 aromatic rings. The van der Waals surface area contributed by atoms with E-state index in [0.717, 1.165) is 41.7 Å². The molecule has 0 atom stereocenters. The lowest BCUT2D eigenvalue weighted by Crippen LogP contribution is -2.38. The molecule has 0 saturated carbocycles. The van der Waals surface area contributed by atoms with Crippen LogP contribution in [0, 0.1) is 0 Å². The largest absolute Gasteiger partial charge is 0.357 e. The van der Waals surface area contributed by atoms with E-state index in [1.54, 1.807) is 0 Å². The highest BCUT2D eigenvalue weighted by Gasteiger charge is 2.00. The second-order valence-electron chi connectivity index (χ2n) is 5.88. The maximum atomic E-state index is 11.0. The molecule has 26 heavy (non-hydrogen) atoms. The fraction of sp³-hybridized carbons (Fsp3) is 0.300. The lowest BCUT2D eigenvalue weighted by molar-refractivity contribution is -0.114. The Kier molecular flexibility index (Phi) is 7.96. The third-order valence-electron chi connectivity index (χ3n) is 3.66. The van der Waals surface area contributed by atoms with Crippen molar-refractivity contribution in [3.63, 3.8) is 0 Å². The maximum absolute atomic E-state index is 11.0. The summed E-state index contributed by atoms with van der Waals surface area (Å²) in [5.41, 5.74) is 3.12. The number of aliphatic imine (C=N–C) groups is 1. The van der Waals surface area contributed by atoms with Gasteiger partial charge in [0.15, 0.2) is 5.96 Å². The summed E-state index contributed by atoms with van der Waals surface area (Å²) in [6, 6.07) is 15.6. The zero-order chi connectivity index (χ0) is 18.8. The molecule has 0 aliphatic heterocycles. The molecule has 0 fully saturated rings. The quantitative estimate of drug-likeness (QED) is 0.514. The van der Waals surface area contributed by atoms with Gasteiger partial charge in [-0.1, -0.05) is 35.9 Å². The Morgan fingerprint density at radius 1 is 1.00 bits per heavy atom. The zero-order valence-corrected chi connectivity index (χ0v) is 15.9. The van der Waals surface area contributed by atoms with Crippen molar-refractivity contribution in [1.29, 1.82) is 0 Å². The molecule has 0 aromatic heterocycles. The van der Waals surface area contributed by atoms with Gasteiger partial charge in [-0.05, 0) is 48.7 Å². The number of rotatable bonds is 7. The molecule has 0 aliphatic carbocycles. The standard InChI is InChI=1S/C20H25ClN4O/c1-3-22-20(24-14-17-4-8-18(21)9-5-17)23-13-12-16-6-10-19(11-7-16)25-15(2)26/h4-11H,3,12-14H2,1-2H3,(H,25,26)(H2,22,23,24). The van der Waals surface area contributed by atoms with E-state index in [1.807, 2.05) is 55.5 Å². The minimum atomic E-state index is -0.0633. The third-order valence-corrected chi connectivity index (χ3v) is 3.91. The highest BCUT2D eigenvalue weighted by atomic mass is 35.5. The molecule has 2 aromatic carbocycles. The molecule has 0 aliphatic rings. The Bertz CT molecular complexity index is 726. The number of nitrogens with zero attached hydrogens (tertiary/aromatic N) is 1. The van der Waals surface area contributed by atoms with Crippen LogP contribution in [0.5, 0.6) is 0 Å². The van der Waals surface area contributed by atoms with Gasteiger partial charge in [0.1, 0.15) is 0 Å². The molecule has 0 spiro atoms. The van der Waals surface area contributed by atoms with Crippen molar-refractivity contribution in [2.45, 2.75) is 26.8 Å². The van der Waals surface area contributed by atoms with Crippen LogP contribution in [0.25, 0.3) is 0 Å². The van der Waals surface area contributed by atoms with E-state index >= 15 is 0 Å². The van der Waals surface area contributed by atoms with Crippen LogP contribution in [0.1, 0.15) is 25.0 Å². The first-order valence-corrected chi connectivity index (χ1v) is 9.07. The minimum absolute atomic E-state index is 0.0633. The summed E-state index contributed by atoms with van der Waals surface area (Å²) in [6.07, 6.45) is 0.867. The van der Waals surface area contributed by atoms with E-state index in [9.17, 15) is 4.79 Å². The van der Waals surface area contributed by atoms with Gasteiger partial charge >= 0.3 is 0 Å². The Labute approximate surface area is 159 Å². The molecule has 6 heteroatoms. The number of anilines is 1. The van der Waals surface area contributed by atoms with Gasteiger partial charge in [0.2, 0.25) is 5.91 Å². The first-order chi connectivity index (χ1) is 12.6. The average Bonchev–Trinajstić information content (AvgIpc) is 2.62. The first kappa shape index (κ1) is 19.8. The molecule has 0 radical (unpaired) electrons. The Balaban J connectivity index is 1.84. The van der Waals surface area contributed by atoms with Crippen molar-refractivity contribution in [2.24, 2.45) is 4.99 Å². The van der Waals surface area contributed by atoms with E-state index in [2.05, 4.69) is 20.9 Å². The molecule has 3 N–H and O–H groups in total. The van der Waals surface area contributed by atoms with Crippen molar-refractivity contribution in [3.05, 3.63) is 64.7 Å². The lowest BCUT2D eigenvalue weighted by atomic mass is 10.1. The smallest absolute Gasteiger partial charge is 0.221 e. The predicted molar refractivity (Wildman–Crippen MR) is 109 cm³/mol. The molecule has 0 bridgehead atoms. The number of benzene rings is 2. The molecule has 2 rings (SSSR count). The number of carbonyl (C=O) groups excluding carboxylic acids is 1.